The third-order valence-corrected chi connectivity index (χ3v) is 3.98. The lowest BCUT2D eigenvalue weighted by atomic mass is 10.1. The van der Waals surface area contributed by atoms with E-state index in [1.165, 1.54) is 70.3 Å². The van der Waals surface area contributed by atoms with Gasteiger partial charge < -0.3 is 5.32 Å². The Kier molecular flexibility index (Phi) is 11.1. The van der Waals surface area contributed by atoms with Crippen LogP contribution in [-0.2, 0) is 6.54 Å². The summed E-state index contributed by atoms with van der Waals surface area (Å²) >= 11 is 0. The molecule has 0 amide bonds. The Bertz CT molecular complexity index is 351. The highest BCUT2D eigenvalue weighted by Crippen LogP contribution is 2.10. The summed E-state index contributed by atoms with van der Waals surface area (Å²) in [6.07, 6.45) is 13.6. The molecule has 0 aliphatic carbocycles. The predicted octanol–water partition coefficient (Wildman–Crippen LogP) is 5.84. The van der Waals surface area contributed by atoms with Crippen molar-refractivity contribution < 1.29 is 4.39 Å². The van der Waals surface area contributed by atoms with Crippen molar-refractivity contribution in [2.45, 2.75) is 77.7 Å². The highest BCUT2D eigenvalue weighted by atomic mass is 19.1. The zero-order valence-corrected chi connectivity index (χ0v) is 13.7. The molecule has 0 unspecified atom stereocenters. The third-order valence-electron chi connectivity index (χ3n) is 3.98. The highest BCUT2D eigenvalue weighted by molar-refractivity contribution is 5.16. The molecule has 1 aromatic carbocycles. The maximum atomic E-state index is 13.4. The van der Waals surface area contributed by atoms with Gasteiger partial charge in [-0.05, 0) is 19.0 Å². The summed E-state index contributed by atoms with van der Waals surface area (Å²) in [5, 5.41) is 3.33. The van der Waals surface area contributed by atoms with Crippen molar-refractivity contribution >= 4 is 0 Å². The highest BCUT2D eigenvalue weighted by Gasteiger charge is 1.99. The van der Waals surface area contributed by atoms with Gasteiger partial charge in [-0.1, -0.05) is 82.9 Å². The van der Waals surface area contributed by atoms with E-state index in [-0.39, 0.29) is 5.82 Å². The van der Waals surface area contributed by atoms with Gasteiger partial charge >= 0.3 is 0 Å². The molecule has 0 saturated heterocycles. The van der Waals surface area contributed by atoms with Crippen LogP contribution in [0.2, 0.25) is 0 Å². The van der Waals surface area contributed by atoms with Crippen molar-refractivity contribution in [2.75, 3.05) is 6.54 Å². The summed E-state index contributed by atoms with van der Waals surface area (Å²) in [6, 6.07) is 7.00. The molecule has 0 atom stereocenters. The Morgan fingerprint density at radius 1 is 0.810 bits per heavy atom. The minimum Gasteiger partial charge on any atom is -0.313 e. The van der Waals surface area contributed by atoms with Crippen LogP contribution >= 0.6 is 0 Å². The van der Waals surface area contributed by atoms with Crippen molar-refractivity contribution in [1.29, 1.82) is 0 Å². The van der Waals surface area contributed by atoms with Crippen molar-refractivity contribution in [3.63, 3.8) is 0 Å². The molecular formula is C19H32FN. The van der Waals surface area contributed by atoms with Gasteiger partial charge in [0.05, 0.1) is 0 Å². The lowest BCUT2D eigenvalue weighted by Crippen LogP contribution is -2.15. The maximum Gasteiger partial charge on any atom is 0.127 e. The molecule has 0 saturated carbocycles. The van der Waals surface area contributed by atoms with Crippen molar-refractivity contribution in [3.05, 3.63) is 35.6 Å². The fourth-order valence-electron chi connectivity index (χ4n) is 2.60. The lowest BCUT2D eigenvalue weighted by molar-refractivity contribution is 0.538. The van der Waals surface area contributed by atoms with E-state index in [1.807, 2.05) is 12.1 Å². The van der Waals surface area contributed by atoms with Gasteiger partial charge in [0.1, 0.15) is 5.82 Å². The van der Waals surface area contributed by atoms with Gasteiger partial charge in [0.2, 0.25) is 0 Å². The molecule has 1 N–H and O–H groups in total. The largest absolute Gasteiger partial charge is 0.313 e. The first-order valence-electron chi connectivity index (χ1n) is 8.78. The van der Waals surface area contributed by atoms with E-state index in [1.54, 1.807) is 6.07 Å². The summed E-state index contributed by atoms with van der Waals surface area (Å²) in [6.45, 7) is 3.90. The molecule has 0 aliphatic rings. The summed E-state index contributed by atoms with van der Waals surface area (Å²) in [4.78, 5) is 0. The molecule has 0 heterocycles. The smallest absolute Gasteiger partial charge is 0.127 e. The monoisotopic (exact) mass is 293 g/mol. The topological polar surface area (TPSA) is 12.0 Å². The molecule has 1 aromatic rings. The fourth-order valence-corrected chi connectivity index (χ4v) is 2.60. The molecule has 1 nitrogen and oxygen atoms in total. The van der Waals surface area contributed by atoms with Crippen molar-refractivity contribution in [1.82, 2.24) is 5.32 Å². The first-order valence-corrected chi connectivity index (χ1v) is 8.78. The predicted molar refractivity (Wildman–Crippen MR) is 90.0 cm³/mol. The van der Waals surface area contributed by atoms with Crippen LogP contribution in [0.1, 0.15) is 76.7 Å². The summed E-state index contributed by atoms with van der Waals surface area (Å²) in [5.41, 5.74) is 0.768. The van der Waals surface area contributed by atoms with Gasteiger partial charge in [0.25, 0.3) is 0 Å². The van der Waals surface area contributed by atoms with Crippen LogP contribution < -0.4 is 5.32 Å². The Labute approximate surface area is 130 Å². The number of rotatable bonds is 13. The Balaban J connectivity index is 1.84. The molecular weight excluding hydrogens is 261 g/mol. The average Bonchev–Trinajstić information content (AvgIpc) is 2.50. The van der Waals surface area contributed by atoms with Gasteiger partial charge in [-0.15, -0.1) is 0 Å². The number of unbranched alkanes of at least 4 members (excludes halogenated alkanes) is 9. The molecule has 0 aromatic heterocycles. The van der Waals surface area contributed by atoms with Gasteiger partial charge in [0.15, 0.2) is 0 Å². The van der Waals surface area contributed by atoms with Crippen LogP contribution in [0.5, 0.6) is 0 Å². The van der Waals surface area contributed by atoms with Crippen LogP contribution in [0.3, 0.4) is 0 Å². The number of hydrogen-bond donors (Lipinski definition) is 1. The van der Waals surface area contributed by atoms with Gasteiger partial charge in [-0.3, -0.25) is 0 Å². The number of halogens is 1. The fraction of sp³-hybridized carbons (Fsp3) is 0.684. The van der Waals surface area contributed by atoms with Crippen LogP contribution in [-0.4, -0.2) is 6.54 Å². The van der Waals surface area contributed by atoms with E-state index < -0.39 is 0 Å². The van der Waals surface area contributed by atoms with Crippen LogP contribution in [0, 0.1) is 5.82 Å². The minimum atomic E-state index is -0.104. The number of benzene rings is 1. The quantitative estimate of drug-likeness (QED) is 0.451. The molecule has 0 fully saturated rings. The summed E-state index contributed by atoms with van der Waals surface area (Å²) in [5.74, 6) is -0.104. The van der Waals surface area contributed by atoms with E-state index in [0.29, 0.717) is 6.54 Å². The van der Waals surface area contributed by atoms with E-state index >= 15 is 0 Å². The molecule has 2 heteroatoms. The number of hydrogen-bond acceptors (Lipinski definition) is 1. The van der Waals surface area contributed by atoms with E-state index in [9.17, 15) is 4.39 Å². The maximum absolute atomic E-state index is 13.4. The van der Waals surface area contributed by atoms with Gasteiger partial charge in [0, 0.05) is 12.1 Å². The van der Waals surface area contributed by atoms with E-state index in [0.717, 1.165) is 12.1 Å². The molecule has 0 aliphatic heterocycles. The standard InChI is InChI=1S/C19H32FN/c1-2-3-4-5-6-7-8-9-10-13-16-21-17-18-14-11-12-15-19(18)20/h11-12,14-15,21H,2-10,13,16-17H2,1H3. The molecule has 21 heavy (non-hydrogen) atoms. The Morgan fingerprint density at radius 2 is 1.38 bits per heavy atom. The SMILES string of the molecule is CCCCCCCCCCCCNCc1ccccc1F. The second kappa shape index (κ2) is 12.8. The number of nitrogens with one attached hydrogen (secondary N) is 1. The first-order chi connectivity index (χ1) is 10.3. The van der Waals surface area contributed by atoms with Gasteiger partial charge in [-0.2, -0.15) is 0 Å². The third kappa shape index (κ3) is 9.62. The molecule has 120 valence electrons. The van der Waals surface area contributed by atoms with Gasteiger partial charge in [-0.25, -0.2) is 4.39 Å². The van der Waals surface area contributed by atoms with Crippen molar-refractivity contribution in [3.8, 4) is 0 Å². The molecule has 1 rings (SSSR count). The Morgan fingerprint density at radius 3 is 2.00 bits per heavy atom. The molecule has 0 bridgehead atoms. The van der Waals surface area contributed by atoms with Crippen LogP contribution in [0.15, 0.2) is 24.3 Å². The van der Waals surface area contributed by atoms with E-state index in [4.69, 9.17) is 0 Å². The lowest BCUT2D eigenvalue weighted by Gasteiger charge is -2.06. The first kappa shape index (κ1) is 18.2. The molecule has 0 radical (unpaired) electrons. The molecule has 0 spiro atoms. The Hall–Kier alpha value is -0.890. The normalized spacial score (nSPS) is 11.0. The van der Waals surface area contributed by atoms with Crippen LogP contribution in [0.4, 0.5) is 4.39 Å². The second-order valence-electron chi connectivity index (χ2n) is 5.95. The zero-order chi connectivity index (χ0) is 15.2. The second-order valence-corrected chi connectivity index (χ2v) is 5.95. The minimum absolute atomic E-state index is 0.104. The summed E-state index contributed by atoms with van der Waals surface area (Å²) in [7, 11) is 0. The van der Waals surface area contributed by atoms with Crippen LogP contribution in [0.25, 0.3) is 0 Å². The zero-order valence-electron chi connectivity index (χ0n) is 13.7. The average molecular weight is 293 g/mol. The van der Waals surface area contributed by atoms with Crippen molar-refractivity contribution in [2.24, 2.45) is 0 Å². The summed E-state index contributed by atoms with van der Waals surface area (Å²) < 4.78 is 13.4. The van der Waals surface area contributed by atoms with E-state index in [2.05, 4.69) is 12.2 Å².